The summed E-state index contributed by atoms with van der Waals surface area (Å²) >= 11 is 0. The Morgan fingerprint density at radius 1 is 1.28 bits per heavy atom. The molecule has 1 N–H and O–H groups in total. The molecule has 18 heavy (non-hydrogen) atoms. The summed E-state index contributed by atoms with van der Waals surface area (Å²) in [5.41, 5.74) is 2.64. The van der Waals surface area contributed by atoms with Gasteiger partial charge in [0.25, 0.3) is 0 Å². The lowest BCUT2D eigenvalue weighted by Crippen LogP contribution is -2.24. The first-order valence-corrected chi connectivity index (χ1v) is 7.05. The van der Waals surface area contributed by atoms with E-state index < -0.39 is 0 Å². The molecule has 0 saturated heterocycles. The number of rotatable bonds is 8. The molecule has 0 amide bonds. The first-order chi connectivity index (χ1) is 8.71. The number of nitrogens with one attached hydrogen (secondary N) is 1. The van der Waals surface area contributed by atoms with Gasteiger partial charge in [-0.2, -0.15) is 0 Å². The second kappa shape index (κ2) is 8.15. The van der Waals surface area contributed by atoms with Gasteiger partial charge in [0.2, 0.25) is 0 Å². The van der Waals surface area contributed by atoms with Crippen molar-refractivity contribution in [3.8, 4) is 5.75 Å². The average molecular weight is 249 g/mol. The predicted molar refractivity (Wildman–Crippen MR) is 78.4 cm³/mol. The Morgan fingerprint density at radius 3 is 2.67 bits per heavy atom. The summed E-state index contributed by atoms with van der Waals surface area (Å²) in [5.74, 6) is 1.71. The lowest BCUT2D eigenvalue weighted by molar-refractivity contribution is 0.398. The van der Waals surface area contributed by atoms with E-state index in [-0.39, 0.29) is 0 Å². The molecular weight excluding hydrogens is 222 g/mol. The molecule has 1 aromatic carbocycles. The van der Waals surface area contributed by atoms with Crippen LogP contribution in [0.2, 0.25) is 0 Å². The van der Waals surface area contributed by atoms with Crippen molar-refractivity contribution in [2.24, 2.45) is 5.92 Å². The van der Waals surface area contributed by atoms with Gasteiger partial charge in [0.05, 0.1) is 7.11 Å². The summed E-state index contributed by atoms with van der Waals surface area (Å²) < 4.78 is 5.45. The Bertz CT molecular complexity index is 349. The summed E-state index contributed by atoms with van der Waals surface area (Å²) in [6.07, 6.45) is 3.50. The van der Waals surface area contributed by atoms with E-state index in [4.69, 9.17) is 4.74 Å². The van der Waals surface area contributed by atoms with Crippen molar-refractivity contribution in [1.82, 2.24) is 5.32 Å². The molecule has 0 heterocycles. The standard InChI is InChI=1S/C16H27NO/c1-5-9-17-12-14(6-2)11-15-10-13(3)7-8-16(15)18-4/h7-8,10,14,17H,5-6,9,11-12H2,1-4H3. The van der Waals surface area contributed by atoms with Gasteiger partial charge < -0.3 is 10.1 Å². The van der Waals surface area contributed by atoms with Gasteiger partial charge in [-0.15, -0.1) is 0 Å². The zero-order valence-corrected chi connectivity index (χ0v) is 12.3. The van der Waals surface area contributed by atoms with E-state index in [1.165, 1.54) is 24.0 Å². The first kappa shape index (κ1) is 15.0. The van der Waals surface area contributed by atoms with Crippen LogP contribution in [0.25, 0.3) is 0 Å². The minimum absolute atomic E-state index is 0.687. The fraction of sp³-hybridized carbons (Fsp3) is 0.625. The summed E-state index contributed by atoms with van der Waals surface area (Å²) in [6.45, 7) is 8.82. The van der Waals surface area contributed by atoms with Gasteiger partial charge in [0, 0.05) is 0 Å². The van der Waals surface area contributed by atoms with Crippen molar-refractivity contribution in [1.29, 1.82) is 0 Å². The number of hydrogen-bond donors (Lipinski definition) is 1. The molecule has 0 bridgehead atoms. The van der Waals surface area contributed by atoms with E-state index in [1.807, 2.05) is 0 Å². The molecule has 0 aromatic heterocycles. The van der Waals surface area contributed by atoms with Crippen LogP contribution < -0.4 is 10.1 Å². The van der Waals surface area contributed by atoms with Gasteiger partial charge in [0.15, 0.2) is 0 Å². The number of ether oxygens (including phenoxy) is 1. The second-order valence-electron chi connectivity index (χ2n) is 5.00. The topological polar surface area (TPSA) is 21.3 Å². The molecule has 0 aliphatic carbocycles. The maximum Gasteiger partial charge on any atom is 0.122 e. The summed E-state index contributed by atoms with van der Waals surface area (Å²) in [7, 11) is 1.75. The third-order valence-corrected chi connectivity index (χ3v) is 3.38. The highest BCUT2D eigenvalue weighted by molar-refractivity contribution is 5.37. The zero-order valence-electron chi connectivity index (χ0n) is 12.3. The Morgan fingerprint density at radius 2 is 2.06 bits per heavy atom. The lowest BCUT2D eigenvalue weighted by atomic mass is 9.95. The highest BCUT2D eigenvalue weighted by atomic mass is 16.5. The van der Waals surface area contributed by atoms with E-state index in [2.05, 4.69) is 44.3 Å². The van der Waals surface area contributed by atoms with E-state index in [9.17, 15) is 0 Å². The van der Waals surface area contributed by atoms with Crippen LogP contribution in [-0.4, -0.2) is 20.2 Å². The van der Waals surface area contributed by atoms with Gasteiger partial charge in [-0.3, -0.25) is 0 Å². The highest BCUT2D eigenvalue weighted by Gasteiger charge is 2.11. The predicted octanol–water partition coefficient (Wildman–Crippen LogP) is 3.57. The van der Waals surface area contributed by atoms with Crippen LogP contribution >= 0.6 is 0 Å². The molecule has 0 saturated carbocycles. The molecule has 1 aromatic rings. The van der Waals surface area contributed by atoms with Crippen LogP contribution in [0.4, 0.5) is 0 Å². The van der Waals surface area contributed by atoms with Crippen molar-refractivity contribution >= 4 is 0 Å². The van der Waals surface area contributed by atoms with Gasteiger partial charge in [-0.25, -0.2) is 0 Å². The Hall–Kier alpha value is -1.02. The molecule has 102 valence electrons. The van der Waals surface area contributed by atoms with Crippen LogP contribution in [0, 0.1) is 12.8 Å². The van der Waals surface area contributed by atoms with Crippen molar-refractivity contribution in [3.63, 3.8) is 0 Å². The molecule has 0 aliphatic rings. The normalized spacial score (nSPS) is 12.4. The smallest absolute Gasteiger partial charge is 0.122 e. The lowest BCUT2D eigenvalue weighted by Gasteiger charge is -2.18. The van der Waals surface area contributed by atoms with E-state index >= 15 is 0 Å². The monoisotopic (exact) mass is 249 g/mol. The molecule has 2 nitrogen and oxygen atoms in total. The maximum absolute atomic E-state index is 5.45. The van der Waals surface area contributed by atoms with Crippen molar-refractivity contribution in [2.75, 3.05) is 20.2 Å². The minimum Gasteiger partial charge on any atom is -0.496 e. The second-order valence-corrected chi connectivity index (χ2v) is 5.00. The molecule has 2 heteroatoms. The maximum atomic E-state index is 5.45. The van der Waals surface area contributed by atoms with Crippen LogP contribution in [-0.2, 0) is 6.42 Å². The molecular formula is C16H27NO. The molecule has 0 radical (unpaired) electrons. The van der Waals surface area contributed by atoms with Gasteiger partial charge >= 0.3 is 0 Å². The molecule has 1 rings (SSSR count). The van der Waals surface area contributed by atoms with Crippen molar-refractivity contribution in [3.05, 3.63) is 29.3 Å². The summed E-state index contributed by atoms with van der Waals surface area (Å²) in [6, 6.07) is 6.44. The number of benzene rings is 1. The Labute approximate surface area is 112 Å². The first-order valence-electron chi connectivity index (χ1n) is 7.05. The van der Waals surface area contributed by atoms with Gasteiger partial charge in [-0.05, 0) is 50.4 Å². The SMILES string of the molecule is CCCNCC(CC)Cc1cc(C)ccc1OC. The van der Waals surface area contributed by atoms with Crippen LogP contribution in [0.5, 0.6) is 5.75 Å². The molecule has 0 aliphatic heterocycles. The number of methoxy groups -OCH3 is 1. The average Bonchev–Trinajstić information content (AvgIpc) is 2.38. The Kier molecular flexibility index (Phi) is 6.81. The largest absolute Gasteiger partial charge is 0.496 e. The van der Waals surface area contributed by atoms with E-state index in [0.29, 0.717) is 5.92 Å². The van der Waals surface area contributed by atoms with Crippen LogP contribution in [0.3, 0.4) is 0 Å². The van der Waals surface area contributed by atoms with E-state index in [0.717, 1.165) is 25.3 Å². The van der Waals surface area contributed by atoms with Crippen LogP contribution in [0.15, 0.2) is 18.2 Å². The fourth-order valence-corrected chi connectivity index (χ4v) is 2.22. The third-order valence-electron chi connectivity index (χ3n) is 3.38. The molecule has 0 spiro atoms. The summed E-state index contributed by atoms with van der Waals surface area (Å²) in [4.78, 5) is 0. The zero-order chi connectivity index (χ0) is 13.4. The summed E-state index contributed by atoms with van der Waals surface area (Å²) in [5, 5.41) is 3.52. The molecule has 1 atom stereocenters. The van der Waals surface area contributed by atoms with Gasteiger partial charge in [0.1, 0.15) is 5.75 Å². The van der Waals surface area contributed by atoms with E-state index in [1.54, 1.807) is 7.11 Å². The Balaban J connectivity index is 2.65. The third kappa shape index (κ3) is 4.69. The van der Waals surface area contributed by atoms with Crippen LogP contribution in [0.1, 0.15) is 37.8 Å². The van der Waals surface area contributed by atoms with Crippen molar-refractivity contribution < 1.29 is 4.74 Å². The highest BCUT2D eigenvalue weighted by Crippen LogP contribution is 2.23. The number of aryl methyl sites for hydroxylation is 1. The fourth-order valence-electron chi connectivity index (χ4n) is 2.22. The molecule has 0 fully saturated rings. The van der Waals surface area contributed by atoms with Gasteiger partial charge in [-0.1, -0.05) is 38.0 Å². The van der Waals surface area contributed by atoms with Crippen molar-refractivity contribution in [2.45, 2.75) is 40.0 Å². The minimum atomic E-state index is 0.687. The molecule has 1 unspecified atom stereocenters. The number of hydrogen-bond acceptors (Lipinski definition) is 2. The quantitative estimate of drug-likeness (QED) is 0.711.